The fraction of sp³-hybridized carbons (Fsp3) is 0.159. The summed E-state index contributed by atoms with van der Waals surface area (Å²) < 4.78 is 6.30. The molecule has 0 unspecified atom stereocenters. The van der Waals surface area contributed by atoms with Gasteiger partial charge in [-0.2, -0.15) is 0 Å². The Labute approximate surface area is 618 Å². The van der Waals surface area contributed by atoms with E-state index in [4.69, 9.17) is 79.6 Å². The minimum atomic E-state index is -2.06. The number of rotatable bonds is 13. The van der Waals surface area contributed by atoms with Gasteiger partial charge in [0.1, 0.15) is 27.5 Å². The number of carbonyl (C=O) groups excluding carboxylic acids is 3. The van der Waals surface area contributed by atoms with Crippen molar-refractivity contribution in [1.82, 2.24) is 59.0 Å². The van der Waals surface area contributed by atoms with Crippen LogP contribution in [-0.2, 0) is 46.7 Å². The fourth-order valence-electron chi connectivity index (χ4n) is 11.2. The number of hydrogen-bond donors (Lipinski definition) is 4. The van der Waals surface area contributed by atoms with Crippen molar-refractivity contribution in [1.29, 1.82) is 0 Å². The summed E-state index contributed by atoms with van der Waals surface area (Å²) in [5, 5.41) is 13.5. The molecule has 0 saturated carbocycles. The van der Waals surface area contributed by atoms with Crippen molar-refractivity contribution in [2.45, 2.75) is 66.4 Å². The number of halogens is 7. The Bertz CT molecular complexity index is 5050. The molecule has 3 aliphatic heterocycles. The zero-order valence-corrected chi connectivity index (χ0v) is 63.8. The molecule has 9 aromatic heterocycles. The van der Waals surface area contributed by atoms with Crippen LogP contribution >= 0.6 is 120 Å². The number of nitrogens with one attached hydrogen (secondary N) is 4. The summed E-state index contributed by atoms with van der Waals surface area (Å²) in [5.74, 6) is 4.37. The van der Waals surface area contributed by atoms with Crippen molar-refractivity contribution in [3.8, 4) is 87.0 Å². The van der Waals surface area contributed by atoms with Gasteiger partial charge in [-0.15, -0.1) is 47.2 Å². The van der Waals surface area contributed by atoms with Gasteiger partial charge in [-0.3, -0.25) is 9.59 Å². The molecule has 3 amide bonds. The SMILES string of the molecule is C=CCn1ccnc1-c1sc(-c2ccnc3c2CCC(=O)N3)nc1-c1ccc(Cl)cc1Cl.C=CCn1ccnc1-c1sc(Br)nc1-c1ccc(Cl)cc1Cl.O=C1CCc2c(-c3nc(-c4ccc(Cl)cc4Cl)c(-c4ncc[nH]4)s3)ccnc2N1.[CH3][Sn]([CH3])([CH3])[c]1ccnc2c1CCC(=O)N2. The molecule has 15 rings (SSSR count). The van der Waals surface area contributed by atoms with Crippen LogP contribution in [0.5, 0.6) is 0 Å². The Kier molecular flexibility index (Phi) is 22.3. The van der Waals surface area contributed by atoms with Crippen LogP contribution in [0, 0.1) is 0 Å². The van der Waals surface area contributed by atoms with Crippen LogP contribution in [0.15, 0.2) is 158 Å². The van der Waals surface area contributed by atoms with Gasteiger partial charge in [0.05, 0.1) is 46.8 Å². The van der Waals surface area contributed by atoms with Crippen LogP contribution in [0.1, 0.15) is 36.0 Å². The topological polar surface area (TPSA) is 229 Å². The molecule has 12 aromatic rings. The maximum atomic E-state index is 11.8. The molecular formula is C69H56BrCl6N15O3S3Sn. The van der Waals surface area contributed by atoms with E-state index in [1.54, 1.807) is 73.6 Å². The number of thiazole rings is 3. The van der Waals surface area contributed by atoms with Gasteiger partial charge in [-0.25, -0.2) is 39.9 Å². The van der Waals surface area contributed by atoms with E-state index in [0.717, 1.165) is 108 Å². The van der Waals surface area contributed by atoms with Gasteiger partial charge in [0.25, 0.3) is 0 Å². The number of H-pyrrole nitrogens is 1. The number of amides is 3. The first-order chi connectivity index (χ1) is 47.2. The molecule has 0 aliphatic carbocycles. The molecule has 0 saturated heterocycles. The van der Waals surface area contributed by atoms with Crippen molar-refractivity contribution in [2.24, 2.45) is 0 Å². The summed E-state index contributed by atoms with van der Waals surface area (Å²) in [6, 6.07) is 22.1. The number of benzene rings is 3. The van der Waals surface area contributed by atoms with Crippen molar-refractivity contribution in [3.63, 3.8) is 0 Å². The van der Waals surface area contributed by atoms with Crippen LogP contribution < -0.4 is 19.5 Å². The number of fused-ring (bicyclic) bond motifs is 3. The fourth-order valence-corrected chi connectivity index (χ4v) is 21.3. The Balaban J connectivity index is 0.000000128. The van der Waals surface area contributed by atoms with Crippen molar-refractivity contribution < 1.29 is 14.4 Å². The van der Waals surface area contributed by atoms with Gasteiger partial charge >= 0.3 is 94.3 Å². The molecule has 0 atom stereocenters. The second kappa shape index (κ2) is 31.0. The van der Waals surface area contributed by atoms with Gasteiger partial charge in [0, 0.05) is 130 Å². The second-order valence-electron chi connectivity index (χ2n) is 23.2. The van der Waals surface area contributed by atoms with E-state index in [1.165, 1.54) is 43.2 Å². The van der Waals surface area contributed by atoms with Crippen LogP contribution in [0.25, 0.3) is 87.0 Å². The summed E-state index contributed by atoms with van der Waals surface area (Å²) in [7, 11) is 0. The Morgan fingerprint density at radius 1 is 0.490 bits per heavy atom. The van der Waals surface area contributed by atoms with Crippen LogP contribution in [-0.4, -0.2) is 95.1 Å². The Morgan fingerprint density at radius 2 is 0.908 bits per heavy atom. The van der Waals surface area contributed by atoms with E-state index in [0.29, 0.717) is 92.8 Å². The molecule has 0 spiro atoms. The normalized spacial score (nSPS) is 13.0. The van der Waals surface area contributed by atoms with Gasteiger partial charge in [0.15, 0.2) is 15.6 Å². The first-order valence-corrected chi connectivity index (χ1v) is 45.9. The number of aromatic amines is 1. The van der Waals surface area contributed by atoms with Crippen LogP contribution in [0.3, 0.4) is 0 Å². The molecule has 3 aromatic carbocycles. The van der Waals surface area contributed by atoms with E-state index >= 15 is 0 Å². The van der Waals surface area contributed by atoms with Gasteiger partial charge < -0.3 is 24.8 Å². The zero-order valence-electron chi connectivity index (χ0n) is 52.4. The molecule has 0 radical (unpaired) electrons. The number of allylic oxidation sites excluding steroid dienone is 2. The van der Waals surface area contributed by atoms with Crippen molar-refractivity contribution in [2.75, 3.05) is 16.0 Å². The summed E-state index contributed by atoms with van der Waals surface area (Å²) in [6.45, 7) is 8.92. The number of pyridine rings is 3. The summed E-state index contributed by atoms with van der Waals surface area (Å²) in [6.07, 6.45) is 23.2. The predicted molar refractivity (Wildman–Crippen MR) is 405 cm³/mol. The number of imidazole rings is 3. The predicted octanol–water partition coefficient (Wildman–Crippen LogP) is 19.0. The second-order valence-corrected chi connectivity index (χ2v) is 44.4. The molecule has 4 N–H and O–H groups in total. The van der Waals surface area contributed by atoms with Crippen LogP contribution in [0.2, 0.25) is 45.0 Å². The molecule has 0 fully saturated rings. The number of hydrogen-bond acceptors (Lipinski definition) is 15. The van der Waals surface area contributed by atoms with E-state index in [9.17, 15) is 14.4 Å². The zero-order chi connectivity index (χ0) is 68.9. The molecule has 12 heterocycles. The summed E-state index contributed by atoms with van der Waals surface area (Å²) in [4.78, 5) is 88.6. The number of carbonyl (C=O) groups is 3. The third-order valence-corrected chi connectivity index (χ3v) is 26.9. The van der Waals surface area contributed by atoms with Crippen molar-refractivity contribution >= 4 is 177 Å². The molecule has 496 valence electrons. The van der Waals surface area contributed by atoms with Gasteiger partial charge in [-0.05, 0) is 95.5 Å². The third-order valence-electron chi connectivity index (χ3n) is 15.6. The van der Waals surface area contributed by atoms with E-state index in [1.807, 2.05) is 70.2 Å². The van der Waals surface area contributed by atoms with Crippen molar-refractivity contribution in [3.05, 3.63) is 205 Å². The van der Waals surface area contributed by atoms with E-state index in [-0.39, 0.29) is 17.7 Å². The summed E-state index contributed by atoms with van der Waals surface area (Å²) in [5.41, 5.74) is 9.78. The molecule has 3 aliphatic rings. The Hall–Kier alpha value is -7.46. The van der Waals surface area contributed by atoms with Gasteiger partial charge in [-0.1, -0.05) is 81.8 Å². The maximum absolute atomic E-state index is 11.8. The van der Waals surface area contributed by atoms with Crippen LogP contribution in [0.4, 0.5) is 17.5 Å². The average molecular weight is 1650 g/mol. The summed E-state index contributed by atoms with van der Waals surface area (Å²) >= 11 is 43.5. The molecule has 18 nitrogen and oxygen atoms in total. The molecule has 0 bridgehead atoms. The third kappa shape index (κ3) is 15.8. The van der Waals surface area contributed by atoms with Gasteiger partial charge in [0.2, 0.25) is 11.8 Å². The number of anilines is 3. The number of nitrogens with zero attached hydrogens (tertiary/aromatic N) is 11. The average Bonchev–Trinajstić information content (AvgIpc) is 1.61. The Morgan fingerprint density at radius 3 is 1.35 bits per heavy atom. The first kappa shape index (κ1) is 70.4. The molecule has 29 heteroatoms. The molecular weight excluding hydrogens is 1590 g/mol. The standard InChI is InChI=1S/C23H17Cl2N5OS.C20H13Cl2N5OS.C15H10BrCl2N3S.C8H7N2O.3CH3.Sn/c1-2-10-30-11-9-27-22(30)20-19(16-4-3-13(24)12-17(16)25)29-23(32-20)15-7-8-26-21-14(15)5-6-18(31)28-21;21-10-1-2-13(14(22)9-10)16-17(19-24-7-8-25-19)29-20(27-16)12-5-6-23-18-11(12)3-4-15(28)26-18;1-2-6-21-7-5-19-14(21)13-12(20-15(16)22-13)10-4-3-9(17)8-11(10)18;11-7-4-3-6-2-1-5-9-8(6)10-7;;;;/h2-4,7-9,11-12H,1,5-6,10H2,(H,26,28,31);1-2,5-9H,3-4H2,(H,24,25)(H,23,26,28);2-5,7-8H,1,6H2;1,5H,3-4H2,(H,9,10,11);3*1H3;. The number of aromatic nitrogens is 12. The molecule has 98 heavy (non-hydrogen) atoms. The first-order valence-electron chi connectivity index (χ1n) is 30.4. The van der Waals surface area contributed by atoms with E-state index < -0.39 is 18.4 Å². The minimum absolute atomic E-state index is 0.0220. The quantitative estimate of drug-likeness (QED) is 0.0624. The monoisotopic (exact) mass is 1650 g/mol. The van der Waals surface area contributed by atoms with E-state index in [2.05, 4.69) is 106 Å².